The molecule has 2 atom stereocenters. The molecule has 2 amide bonds. The molecule has 0 aromatic heterocycles. The maximum absolute atomic E-state index is 12.7. The van der Waals surface area contributed by atoms with Crippen LogP contribution in [0.1, 0.15) is 39.5 Å². The highest BCUT2D eigenvalue weighted by atomic mass is 16.2. The molecule has 8 heteroatoms. The van der Waals surface area contributed by atoms with Crippen LogP contribution in [0.4, 0.5) is 11.4 Å². The molecule has 2 aromatic rings. The summed E-state index contributed by atoms with van der Waals surface area (Å²) in [5.41, 5.74) is 1.74. The van der Waals surface area contributed by atoms with E-state index >= 15 is 0 Å². The molecule has 2 aliphatic heterocycles. The summed E-state index contributed by atoms with van der Waals surface area (Å²) < 4.78 is 0. The first-order valence-electron chi connectivity index (χ1n) is 11.4. The molecule has 0 saturated carbocycles. The van der Waals surface area contributed by atoms with Crippen molar-refractivity contribution in [2.45, 2.75) is 39.5 Å². The van der Waals surface area contributed by atoms with Crippen LogP contribution in [-0.2, 0) is 19.2 Å². The predicted octanol–water partition coefficient (Wildman–Crippen LogP) is 3.76. The Labute approximate surface area is 197 Å². The van der Waals surface area contributed by atoms with Crippen molar-refractivity contribution >= 4 is 46.2 Å². The summed E-state index contributed by atoms with van der Waals surface area (Å²) >= 11 is 0. The van der Waals surface area contributed by atoms with Crippen LogP contribution in [-0.4, -0.2) is 34.8 Å². The van der Waals surface area contributed by atoms with E-state index in [2.05, 4.69) is 10.2 Å². The van der Waals surface area contributed by atoms with Gasteiger partial charge in [-0.15, -0.1) is 0 Å². The topological polar surface area (TPSA) is 99.5 Å². The van der Waals surface area contributed by atoms with Crippen LogP contribution >= 0.6 is 0 Å². The van der Waals surface area contributed by atoms with Gasteiger partial charge in [-0.1, -0.05) is 36.4 Å². The van der Waals surface area contributed by atoms with Crippen molar-refractivity contribution in [1.29, 1.82) is 0 Å². The average molecular weight is 459 g/mol. The van der Waals surface area contributed by atoms with Gasteiger partial charge in [0.2, 0.25) is 0 Å². The van der Waals surface area contributed by atoms with Crippen LogP contribution in [0.3, 0.4) is 0 Å². The SMILES string of the molecule is C[C@H]1C(=O)N(c2ccccc2)N=C1C(=O)CCCCC(=O)C1=NN(c2ccccc2)C(=O)[C@@H]1C. The maximum Gasteiger partial charge on any atom is 0.256 e. The van der Waals surface area contributed by atoms with E-state index in [4.69, 9.17) is 0 Å². The number of rotatable bonds is 9. The number of amides is 2. The molecule has 0 spiro atoms. The zero-order chi connectivity index (χ0) is 24.2. The van der Waals surface area contributed by atoms with Crippen LogP contribution in [0.2, 0.25) is 0 Å². The highest BCUT2D eigenvalue weighted by Gasteiger charge is 2.37. The number of Topliss-reactive ketones (excluding diaryl/α,β-unsaturated/α-hetero) is 2. The third-order valence-corrected chi connectivity index (χ3v) is 6.02. The first kappa shape index (κ1) is 23.2. The minimum atomic E-state index is -0.599. The van der Waals surface area contributed by atoms with Crippen molar-refractivity contribution in [3.8, 4) is 0 Å². The van der Waals surface area contributed by atoms with E-state index in [-0.39, 0.29) is 47.6 Å². The van der Waals surface area contributed by atoms with Gasteiger partial charge >= 0.3 is 0 Å². The second kappa shape index (κ2) is 9.91. The number of ketones is 2. The molecule has 8 nitrogen and oxygen atoms in total. The molecule has 0 radical (unpaired) electrons. The minimum Gasteiger partial charge on any atom is -0.293 e. The van der Waals surface area contributed by atoms with Crippen LogP contribution in [0.5, 0.6) is 0 Å². The molecule has 4 rings (SSSR count). The van der Waals surface area contributed by atoms with E-state index in [1.165, 1.54) is 10.0 Å². The second-order valence-corrected chi connectivity index (χ2v) is 8.44. The average Bonchev–Trinajstić information content (AvgIpc) is 3.33. The minimum absolute atomic E-state index is 0.191. The fraction of sp³-hybridized carbons (Fsp3) is 0.308. The molecule has 34 heavy (non-hydrogen) atoms. The Bertz CT molecular complexity index is 1080. The fourth-order valence-electron chi connectivity index (χ4n) is 4.02. The van der Waals surface area contributed by atoms with Crippen molar-refractivity contribution in [2.24, 2.45) is 22.0 Å². The predicted molar refractivity (Wildman–Crippen MR) is 130 cm³/mol. The zero-order valence-electron chi connectivity index (χ0n) is 19.2. The van der Waals surface area contributed by atoms with E-state index < -0.39 is 11.8 Å². The molecule has 0 unspecified atom stereocenters. The molecule has 2 heterocycles. The monoisotopic (exact) mass is 458 g/mol. The molecule has 2 aliphatic rings. The van der Waals surface area contributed by atoms with Crippen molar-refractivity contribution in [1.82, 2.24) is 0 Å². The molecular weight excluding hydrogens is 432 g/mol. The van der Waals surface area contributed by atoms with Crippen LogP contribution < -0.4 is 10.0 Å². The summed E-state index contributed by atoms with van der Waals surface area (Å²) in [6, 6.07) is 18.0. The fourth-order valence-corrected chi connectivity index (χ4v) is 4.02. The summed E-state index contributed by atoms with van der Waals surface area (Å²) in [7, 11) is 0. The normalized spacial score (nSPS) is 19.9. The number of para-hydroxylation sites is 2. The quantitative estimate of drug-likeness (QED) is 0.534. The van der Waals surface area contributed by atoms with Gasteiger partial charge in [-0.3, -0.25) is 19.2 Å². The number of carbonyl (C=O) groups is 4. The van der Waals surface area contributed by atoms with E-state index in [1.807, 2.05) is 36.4 Å². The number of benzene rings is 2. The highest BCUT2D eigenvalue weighted by molar-refractivity contribution is 6.47. The Hall–Kier alpha value is -3.94. The number of carbonyl (C=O) groups excluding carboxylic acids is 4. The Morgan fingerprint density at radius 1 is 0.676 bits per heavy atom. The largest absolute Gasteiger partial charge is 0.293 e. The van der Waals surface area contributed by atoms with Crippen LogP contribution in [0.25, 0.3) is 0 Å². The molecule has 0 fully saturated rings. The van der Waals surface area contributed by atoms with Gasteiger partial charge in [0, 0.05) is 12.8 Å². The van der Waals surface area contributed by atoms with Gasteiger partial charge in [-0.05, 0) is 51.0 Å². The van der Waals surface area contributed by atoms with Gasteiger partial charge in [0.1, 0.15) is 11.4 Å². The Morgan fingerprint density at radius 3 is 1.38 bits per heavy atom. The van der Waals surface area contributed by atoms with Gasteiger partial charge < -0.3 is 0 Å². The summed E-state index contributed by atoms with van der Waals surface area (Å²) in [6.45, 7) is 3.36. The van der Waals surface area contributed by atoms with E-state index in [1.54, 1.807) is 38.1 Å². The second-order valence-electron chi connectivity index (χ2n) is 8.44. The molecule has 2 aromatic carbocycles. The number of anilines is 2. The smallest absolute Gasteiger partial charge is 0.256 e. The third-order valence-electron chi connectivity index (χ3n) is 6.02. The number of hydrogen-bond acceptors (Lipinski definition) is 6. The Kier molecular flexibility index (Phi) is 6.77. The lowest BCUT2D eigenvalue weighted by molar-refractivity contribution is -0.120. The van der Waals surface area contributed by atoms with E-state index in [9.17, 15) is 19.2 Å². The van der Waals surface area contributed by atoms with Crippen LogP contribution in [0.15, 0.2) is 70.9 Å². The molecule has 0 N–H and O–H groups in total. The van der Waals surface area contributed by atoms with Gasteiger partial charge in [0.15, 0.2) is 11.6 Å². The number of hydrogen-bond donors (Lipinski definition) is 0. The van der Waals surface area contributed by atoms with Crippen molar-refractivity contribution < 1.29 is 19.2 Å². The number of unbranched alkanes of at least 4 members (excludes halogenated alkanes) is 1. The van der Waals surface area contributed by atoms with Gasteiger partial charge in [0.05, 0.1) is 23.2 Å². The van der Waals surface area contributed by atoms with Gasteiger partial charge in [-0.2, -0.15) is 20.2 Å². The third kappa shape index (κ3) is 4.57. The van der Waals surface area contributed by atoms with Crippen LogP contribution in [0, 0.1) is 11.8 Å². The first-order valence-corrected chi connectivity index (χ1v) is 11.4. The van der Waals surface area contributed by atoms with Crippen molar-refractivity contribution in [2.75, 3.05) is 10.0 Å². The molecule has 174 valence electrons. The summed E-state index contributed by atoms with van der Waals surface area (Å²) in [6.07, 6.45) is 1.36. The van der Waals surface area contributed by atoms with Gasteiger partial charge in [-0.25, -0.2) is 0 Å². The molecule has 0 saturated heterocycles. The standard InChI is InChI=1S/C26H26N4O4/c1-17-23(27-29(25(17)33)19-11-5-3-6-12-19)21(31)15-9-10-16-22(32)24-18(2)26(34)30(28-24)20-13-7-4-8-14-20/h3-8,11-14,17-18H,9-10,15-16H2,1-2H3/t17-,18-/m1/s1. The zero-order valence-corrected chi connectivity index (χ0v) is 19.2. The first-order chi connectivity index (χ1) is 16.4. The Morgan fingerprint density at radius 2 is 1.03 bits per heavy atom. The number of nitrogens with zero attached hydrogens (tertiary/aromatic N) is 4. The lowest BCUT2D eigenvalue weighted by atomic mass is 9.96. The molecule has 0 aliphatic carbocycles. The van der Waals surface area contributed by atoms with Crippen molar-refractivity contribution in [3.05, 3.63) is 60.7 Å². The Balaban J connectivity index is 1.31. The van der Waals surface area contributed by atoms with Gasteiger partial charge in [0.25, 0.3) is 11.8 Å². The summed E-state index contributed by atoms with van der Waals surface area (Å²) in [5, 5.41) is 11.1. The van der Waals surface area contributed by atoms with E-state index in [0.29, 0.717) is 24.2 Å². The van der Waals surface area contributed by atoms with E-state index in [0.717, 1.165) is 0 Å². The number of hydrazone groups is 2. The molecular formula is C26H26N4O4. The lowest BCUT2D eigenvalue weighted by Crippen LogP contribution is -2.27. The highest BCUT2D eigenvalue weighted by Crippen LogP contribution is 2.26. The lowest BCUT2D eigenvalue weighted by Gasteiger charge is -2.11. The maximum atomic E-state index is 12.7. The molecule has 0 bridgehead atoms. The van der Waals surface area contributed by atoms with Crippen molar-refractivity contribution in [3.63, 3.8) is 0 Å². The summed E-state index contributed by atoms with van der Waals surface area (Å²) in [4.78, 5) is 50.5. The summed E-state index contributed by atoms with van der Waals surface area (Å²) in [5.74, 6) is -2.04.